The largest absolute Gasteiger partial charge is 0.493 e. The van der Waals surface area contributed by atoms with Crippen LogP contribution in [-0.2, 0) is 26.0 Å². The number of carbonyl (C=O) groups is 2. The zero-order valence-electron chi connectivity index (χ0n) is 24.7. The molecule has 0 spiro atoms. The van der Waals surface area contributed by atoms with Gasteiger partial charge in [-0.05, 0) is 66.3 Å². The Bertz CT molecular complexity index is 1640. The lowest BCUT2D eigenvalue weighted by Crippen LogP contribution is -2.53. The summed E-state index contributed by atoms with van der Waals surface area (Å²) in [4.78, 5) is 30.8. The number of sulfonamides is 1. The molecule has 0 bridgehead atoms. The van der Waals surface area contributed by atoms with Gasteiger partial charge in [-0.1, -0.05) is 30.3 Å². The molecular formula is C31H38IN5O6S. The average molecular weight is 736 g/mol. The summed E-state index contributed by atoms with van der Waals surface area (Å²) in [5.41, 5.74) is 6.98. The van der Waals surface area contributed by atoms with Crippen molar-refractivity contribution in [2.75, 3.05) is 33.9 Å². The maximum atomic E-state index is 13.8. The predicted molar refractivity (Wildman–Crippen MR) is 178 cm³/mol. The van der Waals surface area contributed by atoms with Gasteiger partial charge in [0.05, 0.1) is 19.1 Å². The number of likely N-dealkylation sites (tertiary alicyclic amines) is 2. The highest BCUT2D eigenvalue weighted by molar-refractivity contribution is 14.0. The van der Waals surface area contributed by atoms with E-state index in [2.05, 4.69) is 4.72 Å². The number of hydrogen-bond acceptors (Lipinski definition) is 7. The summed E-state index contributed by atoms with van der Waals surface area (Å²) in [6, 6.07) is 13.4. The first kappa shape index (κ1) is 33.5. The molecule has 2 unspecified atom stereocenters. The summed E-state index contributed by atoms with van der Waals surface area (Å²) in [5.74, 6) is 0.392. The number of fused-ring (bicyclic) bond motifs is 1. The third kappa shape index (κ3) is 7.10. The lowest BCUT2D eigenvalue weighted by molar-refractivity contribution is -0.144. The zero-order valence-corrected chi connectivity index (χ0v) is 27.9. The molecule has 2 saturated heterocycles. The number of carbonyl (C=O) groups excluding carboxylic acids is 2. The van der Waals surface area contributed by atoms with E-state index in [1.165, 1.54) is 31.3 Å². The Hall–Kier alpha value is -3.43. The van der Waals surface area contributed by atoms with Crippen molar-refractivity contribution in [3.05, 3.63) is 65.7 Å². The van der Waals surface area contributed by atoms with Crippen LogP contribution in [0, 0.1) is 5.41 Å². The molecule has 0 radical (unpaired) electrons. The molecule has 236 valence electrons. The summed E-state index contributed by atoms with van der Waals surface area (Å²) in [5, 5.41) is 9.05. The van der Waals surface area contributed by atoms with Gasteiger partial charge in [-0.25, -0.2) is 8.42 Å². The zero-order chi connectivity index (χ0) is 30.7. The number of methoxy groups -OCH3 is 2. The number of piperidine rings is 1. The maximum absolute atomic E-state index is 13.8. The number of amidine groups is 1. The molecule has 0 saturated carbocycles. The van der Waals surface area contributed by atoms with Crippen molar-refractivity contribution in [3.63, 3.8) is 0 Å². The lowest BCUT2D eigenvalue weighted by Gasteiger charge is -2.34. The highest BCUT2D eigenvalue weighted by atomic mass is 127. The first-order valence-corrected chi connectivity index (χ1v) is 15.8. The van der Waals surface area contributed by atoms with Crippen LogP contribution >= 0.6 is 24.0 Å². The van der Waals surface area contributed by atoms with Crippen molar-refractivity contribution < 1.29 is 27.5 Å². The Morgan fingerprint density at radius 1 is 0.977 bits per heavy atom. The normalized spacial score (nSPS) is 17.7. The fraction of sp³-hybridized carbons (Fsp3) is 0.387. The van der Waals surface area contributed by atoms with Gasteiger partial charge in [-0.3, -0.25) is 15.0 Å². The SMILES string of the molecule is COc1cc2ccc(S(=O)(=O)NC3CCN(C(Cc4ccc(C(=N)N)cc4)C(=O)N4CCCCC4)C3=O)cc2cc1OC.I. The molecule has 0 aromatic heterocycles. The number of amides is 2. The van der Waals surface area contributed by atoms with Gasteiger partial charge < -0.3 is 25.0 Å². The van der Waals surface area contributed by atoms with E-state index >= 15 is 0 Å². The van der Waals surface area contributed by atoms with Crippen LogP contribution < -0.4 is 19.9 Å². The van der Waals surface area contributed by atoms with Gasteiger partial charge in [0.15, 0.2) is 11.5 Å². The van der Waals surface area contributed by atoms with Crippen molar-refractivity contribution in [1.29, 1.82) is 5.41 Å². The molecule has 2 aliphatic heterocycles. The number of benzene rings is 3. The molecule has 3 aromatic carbocycles. The number of halogens is 1. The van der Waals surface area contributed by atoms with E-state index in [0.717, 1.165) is 30.2 Å². The first-order chi connectivity index (χ1) is 20.6. The van der Waals surface area contributed by atoms with Gasteiger partial charge in [0.25, 0.3) is 0 Å². The van der Waals surface area contributed by atoms with Gasteiger partial charge in [0.1, 0.15) is 17.9 Å². The van der Waals surface area contributed by atoms with Gasteiger partial charge in [-0.15, -0.1) is 24.0 Å². The Kier molecular flexibility index (Phi) is 10.7. The van der Waals surface area contributed by atoms with Crippen molar-refractivity contribution in [2.24, 2.45) is 5.73 Å². The van der Waals surface area contributed by atoms with E-state index < -0.39 is 28.0 Å². The minimum absolute atomic E-state index is 0. The standard InChI is InChI=1S/C31H37N5O6S.HI/c1-41-27-18-22-10-11-24(17-23(22)19-28(27)42-2)43(39,40)34-25-12-15-36(30(25)37)26(31(38)35-13-4-3-5-14-35)16-20-6-8-21(9-7-20)29(32)33;/h6-11,17-19,25-26,34H,3-5,12-16H2,1-2H3,(H3,32,33);1H. The molecule has 2 amide bonds. The molecule has 11 nitrogen and oxygen atoms in total. The number of ether oxygens (including phenoxy) is 2. The lowest BCUT2D eigenvalue weighted by atomic mass is 10.0. The molecule has 44 heavy (non-hydrogen) atoms. The number of rotatable bonds is 10. The topological polar surface area (TPSA) is 155 Å². The van der Waals surface area contributed by atoms with Crippen molar-refractivity contribution in [1.82, 2.24) is 14.5 Å². The van der Waals surface area contributed by atoms with Gasteiger partial charge >= 0.3 is 0 Å². The fourth-order valence-corrected chi connectivity index (χ4v) is 7.05. The number of nitrogens with one attached hydrogen (secondary N) is 2. The van der Waals surface area contributed by atoms with Crippen LogP contribution in [0.5, 0.6) is 11.5 Å². The summed E-state index contributed by atoms with van der Waals surface area (Å²) >= 11 is 0. The smallest absolute Gasteiger partial charge is 0.245 e. The summed E-state index contributed by atoms with van der Waals surface area (Å²) < 4.78 is 40.2. The third-order valence-electron chi connectivity index (χ3n) is 8.18. The Labute approximate surface area is 274 Å². The van der Waals surface area contributed by atoms with Gasteiger partial charge in [-0.2, -0.15) is 4.72 Å². The highest BCUT2D eigenvalue weighted by Gasteiger charge is 2.42. The van der Waals surface area contributed by atoms with E-state index in [4.69, 9.17) is 20.6 Å². The Balaban J connectivity index is 0.00000442. The monoisotopic (exact) mass is 735 g/mol. The molecule has 13 heteroatoms. The Morgan fingerprint density at radius 2 is 1.61 bits per heavy atom. The fourth-order valence-electron chi connectivity index (χ4n) is 5.80. The highest BCUT2D eigenvalue weighted by Crippen LogP contribution is 2.33. The molecule has 0 aliphatic carbocycles. The second-order valence-electron chi connectivity index (χ2n) is 10.9. The molecule has 2 aliphatic rings. The second-order valence-corrected chi connectivity index (χ2v) is 12.6. The summed E-state index contributed by atoms with van der Waals surface area (Å²) in [6.07, 6.45) is 3.39. The average Bonchev–Trinajstić information content (AvgIpc) is 3.37. The van der Waals surface area contributed by atoms with E-state index in [1.807, 2.05) is 0 Å². The molecule has 4 N–H and O–H groups in total. The second kappa shape index (κ2) is 14.1. The van der Waals surface area contributed by atoms with Crippen LogP contribution in [0.2, 0.25) is 0 Å². The first-order valence-electron chi connectivity index (χ1n) is 14.3. The molecule has 2 heterocycles. The van der Waals surface area contributed by atoms with E-state index in [-0.39, 0.29) is 60.0 Å². The van der Waals surface area contributed by atoms with Crippen LogP contribution in [0.1, 0.15) is 36.8 Å². The number of nitrogen functional groups attached to an aromatic ring is 1. The van der Waals surface area contributed by atoms with Crippen molar-refractivity contribution >= 4 is 62.4 Å². The Morgan fingerprint density at radius 3 is 2.23 bits per heavy atom. The van der Waals surface area contributed by atoms with Crippen LogP contribution in [-0.4, -0.2) is 81.8 Å². The quantitative estimate of drug-likeness (QED) is 0.164. The maximum Gasteiger partial charge on any atom is 0.245 e. The number of nitrogens with zero attached hydrogens (tertiary/aromatic N) is 2. The van der Waals surface area contributed by atoms with Crippen LogP contribution in [0.3, 0.4) is 0 Å². The third-order valence-corrected chi connectivity index (χ3v) is 9.65. The number of nitrogens with two attached hydrogens (primary N) is 1. The summed E-state index contributed by atoms with van der Waals surface area (Å²) in [6.45, 7) is 1.52. The van der Waals surface area contributed by atoms with Crippen LogP contribution in [0.4, 0.5) is 0 Å². The summed E-state index contributed by atoms with van der Waals surface area (Å²) in [7, 11) is -1.02. The minimum Gasteiger partial charge on any atom is -0.493 e. The minimum atomic E-state index is -4.06. The number of hydrogen-bond donors (Lipinski definition) is 3. The molecule has 2 fully saturated rings. The molecular weight excluding hydrogens is 697 g/mol. The van der Waals surface area contributed by atoms with Gasteiger partial charge in [0, 0.05) is 31.6 Å². The molecule has 3 aromatic rings. The van der Waals surface area contributed by atoms with E-state index in [0.29, 0.717) is 35.5 Å². The van der Waals surface area contributed by atoms with Crippen molar-refractivity contribution in [3.8, 4) is 11.5 Å². The van der Waals surface area contributed by atoms with Crippen molar-refractivity contribution in [2.45, 2.75) is 49.1 Å². The molecule has 2 atom stereocenters. The van der Waals surface area contributed by atoms with E-state index in [1.54, 1.807) is 47.4 Å². The van der Waals surface area contributed by atoms with Crippen LogP contribution in [0.25, 0.3) is 10.8 Å². The van der Waals surface area contributed by atoms with E-state index in [9.17, 15) is 18.0 Å². The molecule has 5 rings (SSSR count). The van der Waals surface area contributed by atoms with Gasteiger partial charge in [0.2, 0.25) is 21.8 Å². The predicted octanol–water partition coefficient (Wildman–Crippen LogP) is 3.26. The van der Waals surface area contributed by atoms with Crippen LogP contribution in [0.15, 0.2) is 59.5 Å².